The first-order valence-corrected chi connectivity index (χ1v) is 15.5. The van der Waals surface area contributed by atoms with E-state index in [1.165, 1.54) is 16.2 Å². The number of carbonyl (C=O) groups excluding carboxylic acids is 2. The van der Waals surface area contributed by atoms with Crippen LogP contribution in [0.3, 0.4) is 0 Å². The van der Waals surface area contributed by atoms with Gasteiger partial charge in [0, 0.05) is 5.56 Å². The van der Waals surface area contributed by atoms with E-state index in [1.807, 2.05) is 39.0 Å². The van der Waals surface area contributed by atoms with Crippen LogP contribution in [0.15, 0.2) is 66.2 Å². The Labute approximate surface area is 255 Å². The maximum Gasteiger partial charge on any atom is 0.301 e. The molecule has 43 heavy (non-hydrogen) atoms. The van der Waals surface area contributed by atoms with Gasteiger partial charge in [-0.3, -0.25) is 14.5 Å². The van der Waals surface area contributed by atoms with Gasteiger partial charge in [0.2, 0.25) is 0 Å². The summed E-state index contributed by atoms with van der Waals surface area (Å²) in [7, 11) is 0. The first kappa shape index (κ1) is 30.1. The molecule has 3 aromatic carbocycles. The summed E-state index contributed by atoms with van der Waals surface area (Å²) in [6.45, 7) is 9.49. The summed E-state index contributed by atoms with van der Waals surface area (Å²) in [4.78, 5) is 33.5. The van der Waals surface area contributed by atoms with Gasteiger partial charge in [-0.05, 0) is 86.3 Å². The van der Waals surface area contributed by atoms with Crippen LogP contribution in [-0.2, 0) is 9.59 Å². The molecule has 8 nitrogen and oxygen atoms in total. The van der Waals surface area contributed by atoms with Crippen LogP contribution in [0.2, 0.25) is 0 Å². The molecule has 0 bridgehead atoms. The molecule has 2 heterocycles. The summed E-state index contributed by atoms with van der Waals surface area (Å²) >= 11 is 1.33. The van der Waals surface area contributed by atoms with Gasteiger partial charge >= 0.3 is 5.91 Å². The number of ketones is 1. The molecule has 1 aromatic heterocycles. The minimum atomic E-state index is -0.943. The van der Waals surface area contributed by atoms with Crippen LogP contribution in [0.25, 0.3) is 16.0 Å². The highest BCUT2D eigenvalue weighted by Gasteiger charge is 2.48. The first-order chi connectivity index (χ1) is 20.9. The Hall–Kier alpha value is -4.37. The number of anilines is 1. The molecule has 1 aliphatic heterocycles. The fourth-order valence-corrected chi connectivity index (χ4v) is 6.05. The molecule has 1 fully saturated rings. The number of benzene rings is 3. The van der Waals surface area contributed by atoms with E-state index in [-0.39, 0.29) is 11.3 Å². The highest BCUT2D eigenvalue weighted by Crippen LogP contribution is 2.46. The highest BCUT2D eigenvalue weighted by molar-refractivity contribution is 7.22. The Morgan fingerprint density at radius 3 is 2.42 bits per heavy atom. The van der Waals surface area contributed by atoms with E-state index in [0.717, 1.165) is 35.0 Å². The smallest absolute Gasteiger partial charge is 0.301 e. The molecule has 1 unspecified atom stereocenters. The third-order valence-electron chi connectivity index (χ3n) is 7.12. The monoisotopic (exact) mass is 600 g/mol. The lowest BCUT2D eigenvalue weighted by Gasteiger charge is -2.24. The summed E-state index contributed by atoms with van der Waals surface area (Å²) in [6, 6.07) is 17.1. The quantitative estimate of drug-likeness (QED) is 0.0774. The number of rotatable bonds is 12. The van der Waals surface area contributed by atoms with Crippen molar-refractivity contribution in [3.8, 4) is 17.2 Å². The number of aromatic nitrogens is 1. The Morgan fingerprint density at radius 1 is 0.907 bits per heavy atom. The average Bonchev–Trinajstić information content (AvgIpc) is 3.54. The van der Waals surface area contributed by atoms with Gasteiger partial charge in [0.25, 0.3) is 5.78 Å². The molecule has 0 spiro atoms. The topological polar surface area (TPSA) is 98.2 Å². The molecule has 1 aliphatic rings. The predicted molar refractivity (Wildman–Crippen MR) is 169 cm³/mol. The number of fused-ring (bicyclic) bond motifs is 1. The van der Waals surface area contributed by atoms with E-state index in [4.69, 9.17) is 19.2 Å². The van der Waals surface area contributed by atoms with Crippen LogP contribution in [0, 0.1) is 6.92 Å². The van der Waals surface area contributed by atoms with Gasteiger partial charge in [0.1, 0.15) is 11.5 Å². The van der Waals surface area contributed by atoms with Gasteiger partial charge < -0.3 is 19.3 Å². The first-order valence-electron chi connectivity index (χ1n) is 14.7. The molecular formula is C34H36N2O6S. The van der Waals surface area contributed by atoms with E-state index in [1.54, 1.807) is 42.5 Å². The van der Waals surface area contributed by atoms with Crippen LogP contribution in [0.5, 0.6) is 17.2 Å². The molecule has 0 radical (unpaired) electrons. The van der Waals surface area contributed by atoms with E-state index in [9.17, 15) is 14.7 Å². The van der Waals surface area contributed by atoms with Crippen molar-refractivity contribution in [2.45, 2.75) is 53.0 Å². The molecule has 0 saturated carbocycles. The molecule has 1 N–H and O–H groups in total. The lowest BCUT2D eigenvalue weighted by Crippen LogP contribution is -2.29. The van der Waals surface area contributed by atoms with Gasteiger partial charge in [-0.15, -0.1) is 0 Å². The number of unbranched alkanes of at least 4 members (excludes halogenated alkanes) is 1. The lowest BCUT2D eigenvalue weighted by atomic mass is 9.95. The zero-order valence-corrected chi connectivity index (χ0v) is 25.7. The Bertz CT molecular complexity index is 1660. The molecule has 5 rings (SSSR count). The van der Waals surface area contributed by atoms with E-state index < -0.39 is 17.7 Å². The second-order valence-corrected chi connectivity index (χ2v) is 11.4. The Kier molecular flexibility index (Phi) is 9.31. The number of aliphatic hydroxyl groups is 1. The largest absolute Gasteiger partial charge is 0.507 e. The summed E-state index contributed by atoms with van der Waals surface area (Å²) in [5, 5.41) is 12.0. The molecular weight excluding hydrogens is 564 g/mol. The van der Waals surface area contributed by atoms with E-state index in [2.05, 4.69) is 6.92 Å². The Morgan fingerprint density at radius 2 is 1.70 bits per heavy atom. The number of aryl methyl sites for hydroxylation is 1. The van der Waals surface area contributed by atoms with Crippen molar-refractivity contribution < 1.29 is 28.9 Å². The minimum absolute atomic E-state index is 0.0234. The molecule has 224 valence electrons. The van der Waals surface area contributed by atoms with Gasteiger partial charge in [0.05, 0.1) is 41.7 Å². The molecule has 0 aliphatic carbocycles. The standard InChI is InChI=1S/C34H36N2O6S/c1-5-8-18-42-26-16-12-23(20-27(26)40-7-3)30-29(31(37)22-10-13-24(14-11-22)41-17-6-2)32(38)33(39)36(30)34-35-25-15-9-21(4)19-28(25)43-34/h9-16,19-20,30,37H,5-8,17-18H2,1-4H3. The number of thiazole rings is 1. The number of hydrogen-bond acceptors (Lipinski definition) is 8. The highest BCUT2D eigenvalue weighted by atomic mass is 32.1. The zero-order valence-electron chi connectivity index (χ0n) is 24.9. The number of Topliss-reactive ketones (excluding diaryl/α,β-unsaturated/α-hetero) is 1. The van der Waals surface area contributed by atoms with Crippen molar-refractivity contribution in [2.75, 3.05) is 24.7 Å². The molecule has 1 saturated heterocycles. The van der Waals surface area contributed by atoms with E-state index >= 15 is 0 Å². The zero-order chi connectivity index (χ0) is 30.5. The van der Waals surface area contributed by atoms with Crippen molar-refractivity contribution in [3.63, 3.8) is 0 Å². The fourth-order valence-electron chi connectivity index (χ4n) is 4.96. The number of carbonyl (C=O) groups is 2. The van der Waals surface area contributed by atoms with Crippen LogP contribution in [0.4, 0.5) is 5.13 Å². The van der Waals surface area contributed by atoms with Crippen molar-refractivity contribution in [2.24, 2.45) is 0 Å². The Balaban J connectivity index is 1.65. The van der Waals surface area contributed by atoms with Crippen LogP contribution in [-0.4, -0.2) is 41.6 Å². The van der Waals surface area contributed by atoms with Crippen molar-refractivity contribution >= 4 is 44.1 Å². The SMILES string of the molecule is CCCCOc1ccc(C2C(=C(O)c3ccc(OCCC)cc3)C(=O)C(=O)N2c2nc3ccc(C)cc3s2)cc1OCC. The third kappa shape index (κ3) is 6.22. The van der Waals surface area contributed by atoms with Crippen LogP contribution < -0.4 is 19.1 Å². The molecule has 1 atom stereocenters. The number of aliphatic hydroxyl groups excluding tert-OH is 1. The number of ether oxygens (including phenoxy) is 3. The van der Waals surface area contributed by atoms with Crippen LogP contribution in [0.1, 0.15) is 62.8 Å². The summed E-state index contributed by atoms with van der Waals surface area (Å²) in [6.07, 6.45) is 2.75. The average molecular weight is 601 g/mol. The van der Waals surface area contributed by atoms with Gasteiger partial charge in [-0.1, -0.05) is 43.7 Å². The normalized spacial score (nSPS) is 16.2. The van der Waals surface area contributed by atoms with Crippen LogP contribution >= 0.6 is 11.3 Å². The second-order valence-electron chi connectivity index (χ2n) is 10.4. The van der Waals surface area contributed by atoms with E-state index in [0.29, 0.717) is 53.3 Å². The summed E-state index contributed by atoms with van der Waals surface area (Å²) < 4.78 is 18.5. The molecule has 9 heteroatoms. The predicted octanol–water partition coefficient (Wildman–Crippen LogP) is 7.60. The lowest BCUT2D eigenvalue weighted by molar-refractivity contribution is -0.132. The maximum atomic E-state index is 13.7. The van der Waals surface area contributed by atoms with Gasteiger partial charge in [0.15, 0.2) is 16.6 Å². The fraction of sp³-hybridized carbons (Fsp3) is 0.324. The summed E-state index contributed by atoms with van der Waals surface area (Å²) in [5.74, 6) is -0.0867. The number of hydrogen-bond donors (Lipinski definition) is 1. The minimum Gasteiger partial charge on any atom is -0.507 e. The van der Waals surface area contributed by atoms with Crippen molar-refractivity contribution in [3.05, 3.63) is 82.9 Å². The molecule has 4 aromatic rings. The van der Waals surface area contributed by atoms with Gasteiger partial charge in [-0.25, -0.2) is 4.98 Å². The van der Waals surface area contributed by atoms with Gasteiger partial charge in [-0.2, -0.15) is 0 Å². The summed E-state index contributed by atoms with van der Waals surface area (Å²) in [5.41, 5.74) is 2.75. The number of nitrogens with zero attached hydrogens (tertiary/aromatic N) is 2. The van der Waals surface area contributed by atoms with Crippen molar-refractivity contribution in [1.82, 2.24) is 4.98 Å². The van der Waals surface area contributed by atoms with Crippen molar-refractivity contribution in [1.29, 1.82) is 0 Å². The second kappa shape index (κ2) is 13.3. The third-order valence-corrected chi connectivity index (χ3v) is 8.14. The molecule has 1 amide bonds. The number of amides is 1. The maximum absolute atomic E-state index is 13.7.